The van der Waals surface area contributed by atoms with E-state index in [0.717, 1.165) is 50.1 Å². The third-order valence-corrected chi connectivity index (χ3v) is 6.65. The molecule has 4 nitrogen and oxygen atoms in total. The Morgan fingerprint density at radius 1 is 1.25 bits per heavy atom. The molecule has 2 aromatic rings. The number of hydrogen-bond acceptors (Lipinski definition) is 3. The summed E-state index contributed by atoms with van der Waals surface area (Å²) >= 11 is 8.06. The largest absolute Gasteiger partial charge is 0.381 e. The van der Waals surface area contributed by atoms with Gasteiger partial charge in [-0.1, -0.05) is 36.7 Å². The molecule has 2 N–H and O–H groups in total. The van der Waals surface area contributed by atoms with Crippen LogP contribution in [0.5, 0.6) is 0 Å². The van der Waals surface area contributed by atoms with Crippen molar-refractivity contribution in [3.63, 3.8) is 0 Å². The molecule has 1 fully saturated rings. The van der Waals surface area contributed by atoms with E-state index in [4.69, 9.17) is 16.3 Å². The van der Waals surface area contributed by atoms with Gasteiger partial charge in [-0.15, -0.1) is 35.3 Å². The molecular formula is C21H29ClIN3OS. The number of nitrogens with zero attached hydrogens (tertiary/aromatic N) is 1. The lowest BCUT2D eigenvalue weighted by Gasteiger charge is -2.38. The SMILES string of the molecule is CN=C(NCC(C)c1cccs1)NCC1(c2cccc(Cl)c2)CCOCC1.I. The molecule has 2 heterocycles. The van der Waals surface area contributed by atoms with Crippen molar-refractivity contribution < 1.29 is 4.74 Å². The molecule has 1 aliphatic heterocycles. The second-order valence-electron chi connectivity index (χ2n) is 7.13. The van der Waals surface area contributed by atoms with Gasteiger partial charge in [-0.3, -0.25) is 4.99 Å². The molecule has 7 heteroatoms. The standard InChI is InChI=1S/C21H28ClN3OS.HI/c1-16(19-7-4-12-27-19)14-24-20(23-2)25-15-21(8-10-26-11-9-21)17-5-3-6-18(22)13-17;/h3-7,12-13,16H,8-11,14-15H2,1-2H3,(H2,23,24,25);1H. The fourth-order valence-corrected chi connectivity index (χ4v) is 4.52. The summed E-state index contributed by atoms with van der Waals surface area (Å²) in [5.41, 5.74) is 1.29. The minimum absolute atomic E-state index is 0. The van der Waals surface area contributed by atoms with Crippen molar-refractivity contribution in [1.29, 1.82) is 0 Å². The maximum absolute atomic E-state index is 6.26. The van der Waals surface area contributed by atoms with Gasteiger partial charge >= 0.3 is 0 Å². The number of aliphatic imine (C=N–C) groups is 1. The summed E-state index contributed by atoms with van der Waals surface area (Å²) in [6.45, 7) is 5.44. The number of benzene rings is 1. The molecule has 0 saturated carbocycles. The van der Waals surface area contributed by atoms with Crippen LogP contribution in [0.3, 0.4) is 0 Å². The summed E-state index contributed by atoms with van der Waals surface area (Å²) < 4.78 is 5.62. The smallest absolute Gasteiger partial charge is 0.191 e. The van der Waals surface area contributed by atoms with Gasteiger partial charge in [-0.05, 0) is 42.0 Å². The van der Waals surface area contributed by atoms with Gasteiger partial charge in [0.15, 0.2) is 5.96 Å². The molecule has 1 aromatic carbocycles. The van der Waals surface area contributed by atoms with Crippen molar-refractivity contribution in [1.82, 2.24) is 10.6 Å². The summed E-state index contributed by atoms with van der Waals surface area (Å²) in [5, 5.41) is 9.91. The number of ether oxygens (including phenoxy) is 1. The van der Waals surface area contributed by atoms with Crippen LogP contribution in [0.1, 0.15) is 36.1 Å². The van der Waals surface area contributed by atoms with Gasteiger partial charge in [-0.2, -0.15) is 0 Å². The molecule has 0 amide bonds. The molecular weight excluding hydrogens is 505 g/mol. The molecule has 0 radical (unpaired) electrons. The van der Waals surface area contributed by atoms with E-state index in [1.807, 2.05) is 19.2 Å². The van der Waals surface area contributed by atoms with E-state index >= 15 is 0 Å². The van der Waals surface area contributed by atoms with E-state index in [0.29, 0.717) is 5.92 Å². The minimum atomic E-state index is 0. The van der Waals surface area contributed by atoms with Crippen LogP contribution in [0.25, 0.3) is 0 Å². The van der Waals surface area contributed by atoms with Crippen molar-refractivity contribution in [3.8, 4) is 0 Å². The van der Waals surface area contributed by atoms with E-state index in [9.17, 15) is 0 Å². The third kappa shape index (κ3) is 6.08. The quantitative estimate of drug-likeness (QED) is 0.311. The first-order chi connectivity index (χ1) is 13.1. The van der Waals surface area contributed by atoms with Crippen LogP contribution in [0.15, 0.2) is 46.8 Å². The summed E-state index contributed by atoms with van der Waals surface area (Å²) in [5.74, 6) is 1.29. The lowest BCUT2D eigenvalue weighted by Crippen LogP contribution is -2.48. The Morgan fingerprint density at radius 2 is 2.04 bits per heavy atom. The zero-order chi connectivity index (χ0) is 19.1. The van der Waals surface area contributed by atoms with Crippen LogP contribution in [0, 0.1) is 0 Å². The molecule has 1 saturated heterocycles. The molecule has 0 spiro atoms. The number of hydrogen-bond donors (Lipinski definition) is 2. The van der Waals surface area contributed by atoms with Gasteiger partial charge < -0.3 is 15.4 Å². The van der Waals surface area contributed by atoms with Gasteiger partial charge in [0, 0.05) is 54.6 Å². The van der Waals surface area contributed by atoms with Gasteiger partial charge in [0.2, 0.25) is 0 Å². The van der Waals surface area contributed by atoms with E-state index in [1.165, 1.54) is 10.4 Å². The average molecular weight is 534 g/mol. The van der Waals surface area contributed by atoms with Gasteiger partial charge in [-0.25, -0.2) is 0 Å². The maximum atomic E-state index is 6.26. The number of thiophene rings is 1. The van der Waals surface area contributed by atoms with Gasteiger partial charge in [0.05, 0.1) is 0 Å². The van der Waals surface area contributed by atoms with Crippen molar-refractivity contribution in [2.24, 2.45) is 4.99 Å². The Bertz CT molecular complexity index is 748. The van der Waals surface area contributed by atoms with E-state index in [-0.39, 0.29) is 29.4 Å². The van der Waals surface area contributed by atoms with Gasteiger partial charge in [0.25, 0.3) is 0 Å². The molecule has 1 aromatic heterocycles. The first kappa shape index (κ1) is 23.4. The third-order valence-electron chi connectivity index (χ3n) is 5.31. The molecule has 154 valence electrons. The van der Waals surface area contributed by atoms with Crippen LogP contribution < -0.4 is 10.6 Å². The zero-order valence-electron chi connectivity index (χ0n) is 16.4. The number of rotatable bonds is 6. The highest BCUT2D eigenvalue weighted by atomic mass is 127. The molecule has 1 aliphatic rings. The highest BCUT2D eigenvalue weighted by molar-refractivity contribution is 14.0. The van der Waals surface area contributed by atoms with Crippen molar-refractivity contribution in [2.75, 3.05) is 33.4 Å². The van der Waals surface area contributed by atoms with E-state index in [2.05, 4.69) is 52.2 Å². The summed E-state index contributed by atoms with van der Waals surface area (Å²) in [4.78, 5) is 5.80. The van der Waals surface area contributed by atoms with Gasteiger partial charge in [0.1, 0.15) is 0 Å². The van der Waals surface area contributed by atoms with E-state index in [1.54, 1.807) is 11.3 Å². The highest BCUT2D eigenvalue weighted by Crippen LogP contribution is 2.35. The van der Waals surface area contributed by atoms with Crippen LogP contribution in [-0.2, 0) is 10.2 Å². The Balaban J connectivity index is 0.00000280. The Labute approximate surface area is 194 Å². The Hall–Kier alpha value is -0.830. The number of nitrogens with one attached hydrogen (secondary N) is 2. The lowest BCUT2D eigenvalue weighted by atomic mass is 9.74. The molecule has 3 rings (SSSR count). The number of halogens is 2. The molecule has 0 aliphatic carbocycles. The van der Waals surface area contributed by atoms with Crippen LogP contribution in [0.2, 0.25) is 5.02 Å². The summed E-state index contributed by atoms with van der Waals surface area (Å²) in [6, 6.07) is 12.5. The first-order valence-electron chi connectivity index (χ1n) is 9.45. The Morgan fingerprint density at radius 3 is 2.68 bits per heavy atom. The zero-order valence-corrected chi connectivity index (χ0v) is 20.3. The highest BCUT2D eigenvalue weighted by Gasteiger charge is 2.34. The molecule has 28 heavy (non-hydrogen) atoms. The van der Waals surface area contributed by atoms with Crippen molar-refractivity contribution >= 4 is 52.9 Å². The topological polar surface area (TPSA) is 45.7 Å². The number of guanidine groups is 1. The molecule has 1 unspecified atom stereocenters. The predicted octanol–water partition coefficient (Wildman–Crippen LogP) is 5.04. The van der Waals surface area contributed by atoms with Crippen LogP contribution in [0.4, 0.5) is 0 Å². The molecule has 0 bridgehead atoms. The van der Waals surface area contributed by atoms with E-state index < -0.39 is 0 Å². The summed E-state index contributed by atoms with van der Waals surface area (Å²) in [7, 11) is 1.82. The average Bonchev–Trinajstić information content (AvgIpc) is 3.23. The normalized spacial score (nSPS) is 17.5. The summed E-state index contributed by atoms with van der Waals surface area (Å²) in [6.07, 6.45) is 1.95. The van der Waals surface area contributed by atoms with Crippen LogP contribution >= 0.6 is 46.9 Å². The fourth-order valence-electron chi connectivity index (χ4n) is 3.54. The second-order valence-corrected chi connectivity index (χ2v) is 8.54. The maximum Gasteiger partial charge on any atom is 0.191 e. The van der Waals surface area contributed by atoms with Crippen molar-refractivity contribution in [2.45, 2.75) is 31.1 Å². The fraction of sp³-hybridized carbons (Fsp3) is 0.476. The molecule has 1 atom stereocenters. The first-order valence-corrected chi connectivity index (χ1v) is 10.7. The lowest BCUT2D eigenvalue weighted by molar-refractivity contribution is 0.0514. The van der Waals surface area contributed by atoms with Crippen molar-refractivity contribution in [3.05, 3.63) is 57.2 Å². The monoisotopic (exact) mass is 533 g/mol. The van der Waals surface area contributed by atoms with Crippen LogP contribution in [-0.4, -0.2) is 39.3 Å². The Kier molecular flexibility index (Phi) is 9.53. The minimum Gasteiger partial charge on any atom is -0.381 e. The predicted molar refractivity (Wildman–Crippen MR) is 131 cm³/mol. The second kappa shape index (κ2) is 11.4.